The second-order valence-electron chi connectivity index (χ2n) is 4.77. The molecule has 0 saturated heterocycles. The van der Waals surface area contributed by atoms with E-state index in [2.05, 4.69) is 53.5 Å². The van der Waals surface area contributed by atoms with Gasteiger partial charge in [-0.15, -0.1) is 0 Å². The lowest BCUT2D eigenvalue weighted by atomic mass is 10.1. The number of rotatable bonds is 2. The smallest absolute Gasteiger partial charge is 0.142 e. The summed E-state index contributed by atoms with van der Waals surface area (Å²) in [6.45, 7) is 3.99. The molecule has 3 nitrogen and oxygen atoms in total. The maximum absolute atomic E-state index is 5.51. The van der Waals surface area contributed by atoms with E-state index in [4.69, 9.17) is 4.74 Å². The van der Waals surface area contributed by atoms with Crippen LogP contribution in [0.2, 0.25) is 0 Å². The van der Waals surface area contributed by atoms with Crippen LogP contribution in [-0.4, -0.2) is 20.2 Å². The first-order valence-electron chi connectivity index (χ1n) is 6.54. The van der Waals surface area contributed by atoms with Crippen molar-refractivity contribution >= 4 is 17.1 Å². The number of hydrogen-bond acceptors (Lipinski definition) is 3. The molecule has 0 spiro atoms. The van der Waals surface area contributed by atoms with Crippen LogP contribution < -0.4 is 15.0 Å². The van der Waals surface area contributed by atoms with Crippen LogP contribution in [0.5, 0.6) is 5.75 Å². The van der Waals surface area contributed by atoms with Crippen LogP contribution in [0.1, 0.15) is 5.56 Å². The fourth-order valence-electron chi connectivity index (χ4n) is 2.54. The van der Waals surface area contributed by atoms with Gasteiger partial charge in [-0.25, -0.2) is 0 Å². The minimum absolute atomic E-state index is 0.919. The van der Waals surface area contributed by atoms with Gasteiger partial charge in [-0.1, -0.05) is 18.2 Å². The fraction of sp³-hybridized carbons (Fsp3) is 0.250. The third-order valence-electron chi connectivity index (χ3n) is 3.47. The molecule has 2 aromatic carbocycles. The predicted octanol–water partition coefficient (Wildman–Crippen LogP) is 3.57. The lowest BCUT2D eigenvalue weighted by Crippen LogP contribution is -2.30. The van der Waals surface area contributed by atoms with E-state index >= 15 is 0 Å². The van der Waals surface area contributed by atoms with Crippen molar-refractivity contribution in [1.29, 1.82) is 0 Å². The van der Waals surface area contributed by atoms with Gasteiger partial charge in [0.2, 0.25) is 0 Å². The maximum Gasteiger partial charge on any atom is 0.142 e. The summed E-state index contributed by atoms with van der Waals surface area (Å²) in [7, 11) is 1.72. The Bertz CT molecular complexity index is 595. The zero-order chi connectivity index (χ0) is 13.2. The summed E-state index contributed by atoms with van der Waals surface area (Å²) in [6.07, 6.45) is 0. The summed E-state index contributed by atoms with van der Waals surface area (Å²) in [6, 6.07) is 14.7. The Hall–Kier alpha value is -2.16. The second kappa shape index (κ2) is 4.84. The van der Waals surface area contributed by atoms with Gasteiger partial charge >= 0.3 is 0 Å². The van der Waals surface area contributed by atoms with Gasteiger partial charge < -0.3 is 15.0 Å². The van der Waals surface area contributed by atoms with E-state index in [0.29, 0.717) is 0 Å². The Kier molecular flexibility index (Phi) is 3.03. The van der Waals surface area contributed by atoms with E-state index in [1.54, 1.807) is 7.11 Å². The van der Waals surface area contributed by atoms with Gasteiger partial charge in [0.25, 0.3) is 0 Å². The van der Waals surface area contributed by atoms with E-state index < -0.39 is 0 Å². The number of hydrogen-bond donors (Lipinski definition) is 1. The molecule has 1 aliphatic heterocycles. The van der Waals surface area contributed by atoms with Crippen LogP contribution in [-0.2, 0) is 0 Å². The quantitative estimate of drug-likeness (QED) is 0.886. The van der Waals surface area contributed by atoms with Crippen molar-refractivity contribution in [1.82, 2.24) is 0 Å². The molecule has 19 heavy (non-hydrogen) atoms. The Balaban J connectivity index is 2.11. The number of methoxy groups -OCH3 is 1. The van der Waals surface area contributed by atoms with Gasteiger partial charge in [0, 0.05) is 13.1 Å². The number of ether oxygens (including phenoxy) is 1. The first kappa shape index (κ1) is 11.9. The van der Waals surface area contributed by atoms with E-state index in [1.165, 1.54) is 16.9 Å². The Labute approximate surface area is 113 Å². The van der Waals surface area contributed by atoms with E-state index in [1.807, 2.05) is 6.07 Å². The molecule has 1 aliphatic rings. The lowest BCUT2D eigenvalue weighted by molar-refractivity contribution is 0.415. The minimum Gasteiger partial charge on any atom is -0.495 e. The highest BCUT2D eigenvalue weighted by Gasteiger charge is 2.20. The second-order valence-corrected chi connectivity index (χ2v) is 4.77. The van der Waals surface area contributed by atoms with Gasteiger partial charge in [-0.05, 0) is 36.8 Å². The van der Waals surface area contributed by atoms with Crippen molar-refractivity contribution in [2.24, 2.45) is 0 Å². The minimum atomic E-state index is 0.919. The third kappa shape index (κ3) is 2.12. The van der Waals surface area contributed by atoms with Gasteiger partial charge in [-0.3, -0.25) is 0 Å². The van der Waals surface area contributed by atoms with Crippen molar-refractivity contribution in [3.63, 3.8) is 0 Å². The van der Waals surface area contributed by atoms with E-state index in [-0.39, 0.29) is 0 Å². The molecule has 3 heteroatoms. The number of fused-ring (bicyclic) bond motifs is 1. The summed E-state index contributed by atoms with van der Waals surface area (Å²) in [5, 5.41) is 3.43. The van der Waals surface area contributed by atoms with Gasteiger partial charge in [0.1, 0.15) is 5.75 Å². The maximum atomic E-state index is 5.51. The molecule has 2 aromatic rings. The number of nitrogens with zero attached hydrogens (tertiary/aromatic N) is 1. The van der Waals surface area contributed by atoms with Gasteiger partial charge in [0.15, 0.2) is 0 Å². The Morgan fingerprint density at radius 1 is 1.11 bits per heavy atom. The van der Waals surface area contributed by atoms with Crippen molar-refractivity contribution in [3.05, 3.63) is 48.0 Å². The van der Waals surface area contributed by atoms with Crippen molar-refractivity contribution in [2.45, 2.75) is 6.92 Å². The molecular formula is C16H18N2O. The number of aryl methyl sites for hydroxylation is 1. The standard InChI is InChI=1S/C16H18N2O/c1-12-7-8-16(19-2)15(11-12)18-10-9-17-13-5-3-4-6-14(13)18/h3-8,11,17H,9-10H2,1-2H3. The molecule has 3 rings (SSSR count). The molecule has 98 valence electrons. The number of nitrogens with one attached hydrogen (secondary N) is 1. The normalized spacial score (nSPS) is 13.7. The molecule has 1 N–H and O–H groups in total. The first-order valence-corrected chi connectivity index (χ1v) is 6.54. The summed E-state index contributed by atoms with van der Waals surface area (Å²) in [5.74, 6) is 0.919. The summed E-state index contributed by atoms with van der Waals surface area (Å²) < 4.78 is 5.51. The molecule has 0 aliphatic carbocycles. The number of benzene rings is 2. The SMILES string of the molecule is COc1ccc(C)cc1N1CCNc2ccccc21. The molecule has 1 heterocycles. The van der Waals surface area contributed by atoms with Crippen molar-refractivity contribution in [2.75, 3.05) is 30.4 Å². The van der Waals surface area contributed by atoms with Crippen LogP contribution in [0.4, 0.5) is 17.1 Å². The zero-order valence-corrected chi connectivity index (χ0v) is 11.3. The van der Waals surface area contributed by atoms with Crippen LogP contribution in [0.15, 0.2) is 42.5 Å². The largest absolute Gasteiger partial charge is 0.495 e. The monoisotopic (exact) mass is 254 g/mol. The van der Waals surface area contributed by atoms with Crippen molar-refractivity contribution in [3.8, 4) is 5.75 Å². The molecule has 0 unspecified atom stereocenters. The highest BCUT2D eigenvalue weighted by Crippen LogP contribution is 2.39. The molecule has 0 aromatic heterocycles. The highest BCUT2D eigenvalue weighted by molar-refractivity contribution is 5.80. The lowest BCUT2D eigenvalue weighted by Gasteiger charge is -2.33. The molecule has 0 saturated carbocycles. The fourth-order valence-corrected chi connectivity index (χ4v) is 2.54. The highest BCUT2D eigenvalue weighted by atomic mass is 16.5. The molecule has 0 bridgehead atoms. The molecular weight excluding hydrogens is 236 g/mol. The van der Waals surface area contributed by atoms with Crippen molar-refractivity contribution < 1.29 is 4.74 Å². The average molecular weight is 254 g/mol. The van der Waals surface area contributed by atoms with E-state index in [0.717, 1.165) is 24.5 Å². The summed E-state index contributed by atoms with van der Waals surface area (Å²) >= 11 is 0. The Morgan fingerprint density at radius 3 is 2.79 bits per heavy atom. The molecule has 0 radical (unpaired) electrons. The van der Waals surface area contributed by atoms with Crippen LogP contribution in [0, 0.1) is 6.92 Å². The van der Waals surface area contributed by atoms with E-state index in [9.17, 15) is 0 Å². The Morgan fingerprint density at radius 2 is 1.95 bits per heavy atom. The van der Waals surface area contributed by atoms with Crippen LogP contribution in [0.3, 0.4) is 0 Å². The molecule has 0 atom stereocenters. The van der Waals surface area contributed by atoms with Crippen LogP contribution >= 0.6 is 0 Å². The third-order valence-corrected chi connectivity index (χ3v) is 3.47. The molecule has 0 fully saturated rings. The average Bonchev–Trinajstić information content (AvgIpc) is 2.46. The zero-order valence-electron chi connectivity index (χ0n) is 11.3. The topological polar surface area (TPSA) is 24.5 Å². The number of anilines is 3. The summed E-state index contributed by atoms with van der Waals surface area (Å²) in [4.78, 5) is 2.32. The molecule has 0 amide bonds. The first-order chi connectivity index (χ1) is 9.29. The number of para-hydroxylation sites is 2. The predicted molar refractivity (Wildman–Crippen MR) is 79.7 cm³/mol. The van der Waals surface area contributed by atoms with Crippen LogP contribution in [0.25, 0.3) is 0 Å². The van der Waals surface area contributed by atoms with Gasteiger partial charge in [0.05, 0.1) is 24.2 Å². The summed E-state index contributed by atoms with van der Waals surface area (Å²) in [5.41, 5.74) is 4.76. The van der Waals surface area contributed by atoms with Gasteiger partial charge in [-0.2, -0.15) is 0 Å².